The average Bonchev–Trinajstić information content (AvgIpc) is 3.44. The van der Waals surface area contributed by atoms with Crippen molar-refractivity contribution in [2.24, 2.45) is 0 Å². The normalized spacial score (nSPS) is 13.8. The number of anilines is 3. The lowest BCUT2D eigenvalue weighted by molar-refractivity contribution is 0.104. The first kappa shape index (κ1) is 22.1. The molecule has 0 spiro atoms. The molecule has 0 atom stereocenters. The van der Waals surface area contributed by atoms with E-state index in [1.165, 1.54) is 37.3 Å². The molecule has 2 aromatic carbocycles. The number of benzene rings is 2. The van der Waals surface area contributed by atoms with Gasteiger partial charge in [0.25, 0.3) is 0 Å². The van der Waals surface area contributed by atoms with Gasteiger partial charge in [0.1, 0.15) is 28.8 Å². The number of likely N-dealkylation sites (tertiary alicyclic amines) is 1. The van der Waals surface area contributed by atoms with E-state index in [9.17, 15) is 4.79 Å². The van der Waals surface area contributed by atoms with Crippen molar-refractivity contribution < 1.29 is 14.3 Å². The van der Waals surface area contributed by atoms with E-state index in [0.717, 1.165) is 18.0 Å². The summed E-state index contributed by atoms with van der Waals surface area (Å²) in [7, 11) is 0. The Labute approximate surface area is 192 Å². The molecule has 3 N–H and O–H groups in total. The molecule has 2 heterocycles. The molecule has 32 heavy (non-hydrogen) atoms. The molecular formula is C24H28N4O3S. The highest BCUT2D eigenvalue weighted by Gasteiger charge is 2.19. The summed E-state index contributed by atoms with van der Waals surface area (Å²) >= 11 is 1.23. The number of thiazole rings is 1. The average molecular weight is 453 g/mol. The fourth-order valence-corrected chi connectivity index (χ4v) is 4.50. The Balaban J connectivity index is 1.36. The number of nitrogens with two attached hydrogens (primary N) is 1. The van der Waals surface area contributed by atoms with Crippen LogP contribution in [0.5, 0.6) is 11.5 Å². The number of nitrogen functional groups attached to an aromatic ring is 1. The summed E-state index contributed by atoms with van der Waals surface area (Å²) < 4.78 is 11.3. The molecule has 0 bridgehead atoms. The van der Waals surface area contributed by atoms with Crippen LogP contribution in [-0.2, 0) is 0 Å². The first-order valence-corrected chi connectivity index (χ1v) is 11.7. The number of aromatic nitrogens is 1. The monoisotopic (exact) mass is 452 g/mol. The minimum absolute atomic E-state index is 0.170. The summed E-state index contributed by atoms with van der Waals surface area (Å²) in [6, 6.07) is 14.8. The van der Waals surface area contributed by atoms with E-state index < -0.39 is 0 Å². The van der Waals surface area contributed by atoms with Crippen LogP contribution in [0.15, 0.2) is 48.5 Å². The number of carbonyl (C=O) groups is 1. The molecule has 1 aromatic heterocycles. The van der Waals surface area contributed by atoms with Gasteiger partial charge in [-0.3, -0.25) is 9.69 Å². The van der Waals surface area contributed by atoms with Gasteiger partial charge in [-0.15, -0.1) is 0 Å². The number of carbonyl (C=O) groups excluding carboxylic acids is 1. The van der Waals surface area contributed by atoms with E-state index in [4.69, 9.17) is 15.2 Å². The zero-order valence-electron chi connectivity index (χ0n) is 18.2. The molecule has 0 amide bonds. The molecule has 0 aliphatic carbocycles. The third kappa shape index (κ3) is 5.57. The molecule has 8 heteroatoms. The number of nitrogens with one attached hydrogen (secondary N) is 1. The molecule has 1 fully saturated rings. The zero-order chi connectivity index (χ0) is 22.3. The number of ether oxygens (including phenoxy) is 2. The molecule has 1 saturated heterocycles. The fourth-order valence-electron chi connectivity index (χ4n) is 3.63. The van der Waals surface area contributed by atoms with Crippen molar-refractivity contribution in [2.45, 2.75) is 19.8 Å². The van der Waals surface area contributed by atoms with E-state index in [-0.39, 0.29) is 11.6 Å². The number of hydrogen-bond acceptors (Lipinski definition) is 8. The van der Waals surface area contributed by atoms with Crippen molar-refractivity contribution in [3.05, 3.63) is 59.0 Å². The van der Waals surface area contributed by atoms with Crippen LogP contribution >= 0.6 is 11.3 Å². The largest absolute Gasteiger partial charge is 0.494 e. The van der Waals surface area contributed by atoms with Crippen LogP contribution in [0.1, 0.15) is 35.0 Å². The van der Waals surface area contributed by atoms with Gasteiger partial charge in [-0.1, -0.05) is 23.5 Å². The highest BCUT2D eigenvalue weighted by atomic mass is 32.1. The second-order valence-electron chi connectivity index (χ2n) is 7.57. The van der Waals surface area contributed by atoms with Crippen molar-refractivity contribution >= 4 is 33.8 Å². The molecule has 1 aliphatic rings. The second-order valence-corrected chi connectivity index (χ2v) is 8.57. The van der Waals surface area contributed by atoms with Gasteiger partial charge in [0, 0.05) is 17.8 Å². The van der Waals surface area contributed by atoms with Crippen LogP contribution < -0.4 is 20.5 Å². The van der Waals surface area contributed by atoms with Gasteiger partial charge < -0.3 is 20.5 Å². The molecular weight excluding hydrogens is 424 g/mol. The number of hydrogen-bond donors (Lipinski definition) is 2. The van der Waals surface area contributed by atoms with Gasteiger partial charge in [-0.25, -0.2) is 4.98 Å². The lowest BCUT2D eigenvalue weighted by atomic mass is 10.1. The zero-order valence-corrected chi connectivity index (χ0v) is 19.0. The lowest BCUT2D eigenvalue weighted by Gasteiger charge is -2.15. The molecule has 7 nitrogen and oxygen atoms in total. The Morgan fingerprint density at radius 1 is 1.12 bits per heavy atom. The van der Waals surface area contributed by atoms with Crippen LogP contribution in [0.25, 0.3) is 0 Å². The smallest absolute Gasteiger partial charge is 0.206 e. The van der Waals surface area contributed by atoms with Crippen LogP contribution in [0.2, 0.25) is 0 Å². The van der Waals surface area contributed by atoms with E-state index >= 15 is 0 Å². The molecule has 168 valence electrons. The Morgan fingerprint density at radius 2 is 1.91 bits per heavy atom. The lowest BCUT2D eigenvalue weighted by Crippen LogP contribution is -2.25. The van der Waals surface area contributed by atoms with Crippen molar-refractivity contribution in [1.82, 2.24) is 9.88 Å². The second kappa shape index (κ2) is 10.5. The Bertz CT molecular complexity index is 1050. The predicted molar refractivity (Wildman–Crippen MR) is 128 cm³/mol. The predicted octanol–water partition coefficient (Wildman–Crippen LogP) is 4.57. The van der Waals surface area contributed by atoms with E-state index in [2.05, 4.69) is 15.2 Å². The molecule has 3 aromatic rings. The van der Waals surface area contributed by atoms with Crippen LogP contribution in [0.4, 0.5) is 16.6 Å². The maximum atomic E-state index is 12.9. The highest BCUT2D eigenvalue weighted by molar-refractivity contribution is 7.18. The number of ketones is 1. The van der Waals surface area contributed by atoms with Gasteiger partial charge in [0.05, 0.1) is 6.61 Å². The quantitative estimate of drug-likeness (QED) is 0.435. The third-order valence-electron chi connectivity index (χ3n) is 5.25. The molecule has 1 aliphatic heterocycles. The van der Waals surface area contributed by atoms with Gasteiger partial charge in [-0.2, -0.15) is 0 Å². The summed E-state index contributed by atoms with van der Waals surface area (Å²) in [5.41, 5.74) is 7.42. The molecule has 4 rings (SSSR count). The number of rotatable bonds is 10. The maximum Gasteiger partial charge on any atom is 0.206 e. The Hall–Kier alpha value is -3.10. The number of nitrogens with zero attached hydrogens (tertiary/aromatic N) is 2. The summed E-state index contributed by atoms with van der Waals surface area (Å²) in [4.78, 5) is 20.1. The molecule has 0 radical (unpaired) electrons. The van der Waals surface area contributed by atoms with Crippen LogP contribution in [0.3, 0.4) is 0 Å². The minimum Gasteiger partial charge on any atom is -0.494 e. The summed E-state index contributed by atoms with van der Waals surface area (Å²) in [5.74, 6) is 1.53. The van der Waals surface area contributed by atoms with Gasteiger partial charge in [0.2, 0.25) is 5.78 Å². The van der Waals surface area contributed by atoms with Crippen molar-refractivity contribution in [2.75, 3.05) is 43.9 Å². The van der Waals surface area contributed by atoms with Crippen LogP contribution in [-0.4, -0.2) is 48.5 Å². The summed E-state index contributed by atoms with van der Waals surface area (Å²) in [6.07, 6.45) is 2.57. The van der Waals surface area contributed by atoms with E-state index in [1.54, 1.807) is 18.2 Å². The van der Waals surface area contributed by atoms with Gasteiger partial charge in [-0.05, 0) is 69.3 Å². The highest BCUT2D eigenvalue weighted by Crippen LogP contribution is 2.31. The minimum atomic E-state index is -0.170. The maximum absolute atomic E-state index is 12.9. The topological polar surface area (TPSA) is 89.7 Å². The summed E-state index contributed by atoms with van der Waals surface area (Å²) in [5, 5.41) is 3.78. The fraction of sp³-hybridized carbons (Fsp3) is 0.333. The van der Waals surface area contributed by atoms with Gasteiger partial charge in [0.15, 0.2) is 5.13 Å². The van der Waals surface area contributed by atoms with E-state index in [0.29, 0.717) is 34.5 Å². The standard InChI is InChI=1S/C24H28N4O3S/c1-2-30-20-7-5-6-17(16-20)21(29)22-23(25)27-24(32-22)26-18-8-10-19(11-9-18)31-15-14-28-12-3-4-13-28/h5-11,16H,2-4,12-15,25H2,1H3,(H,26,27). The summed E-state index contributed by atoms with van der Waals surface area (Å²) in [6.45, 7) is 6.43. The third-order valence-corrected chi connectivity index (χ3v) is 6.23. The van der Waals surface area contributed by atoms with Crippen molar-refractivity contribution in [1.29, 1.82) is 0 Å². The van der Waals surface area contributed by atoms with Crippen molar-refractivity contribution in [3.63, 3.8) is 0 Å². The van der Waals surface area contributed by atoms with Crippen molar-refractivity contribution in [3.8, 4) is 11.5 Å². The van der Waals surface area contributed by atoms with Crippen LogP contribution in [0, 0.1) is 0 Å². The van der Waals surface area contributed by atoms with E-state index in [1.807, 2.05) is 37.3 Å². The first-order chi connectivity index (χ1) is 15.6. The molecule has 0 unspecified atom stereocenters. The molecule has 0 saturated carbocycles. The first-order valence-electron chi connectivity index (χ1n) is 10.9. The van der Waals surface area contributed by atoms with Gasteiger partial charge >= 0.3 is 0 Å². The SMILES string of the molecule is CCOc1cccc(C(=O)c2sc(Nc3ccc(OCCN4CCCC4)cc3)nc2N)c1. The Kier molecular flexibility index (Phi) is 7.24. The Morgan fingerprint density at radius 3 is 2.66 bits per heavy atom.